The maximum atomic E-state index is 12.9. The van der Waals surface area contributed by atoms with Crippen LogP contribution in [0.2, 0.25) is 0 Å². The number of anilines is 1. The number of carbonyl (C=O) groups excluding carboxylic acids is 1. The zero-order valence-electron chi connectivity index (χ0n) is 15.1. The average molecular weight is 407 g/mol. The molecule has 6 nitrogen and oxygen atoms in total. The maximum Gasteiger partial charge on any atom is 0.212 e. The Balaban J connectivity index is 1.87. The standard InChI is InChI=1S/C19H19ClN2O4S/c1-24-15-9-12(10-16(25-2)18(15)26-3)17(23)14-11-27-19(21-14)22(20)13-7-5-4-6-8-13/h4-7,9-11,13H,8H2,1-3H3. The van der Waals surface area contributed by atoms with Gasteiger partial charge in [0, 0.05) is 22.7 Å². The van der Waals surface area contributed by atoms with Crippen LogP contribution in [-0.4, -0.2) is 38.1 Å². The Morgan fingerprint density at radius 3 is 2.44 bits per heavy atom. The lowest BCUT2D eigenvalue weighted by atomic mass is 10.1. The molecule has 142 valence electrons. The van der Waals surface area contributed by atoms with Gasteiger partial charge in [0.25, 0.3) is 0 Å². The Morgan fingerprint density at radius 1 is 1.19 bits per heavy atom. The van der Waals surface area contributed by atoms with Crippen LogP contribution in [0.1, 0.15) is 22.5 Å². The van der Waals surface area contributed by atoms with E-state index in [4.69, 9.17) is 26.0 Å². The molecule has 0 amide bonds. The summed E-state index contributed by atoms with van der Waals surface area (Å²) in [6, 6.07) is 3.22. The molecule has 0 fully saturated rings. The van der Waals surface area contributed by atoms with Crippen molar-refractivity contribution in [1.29, 1.82) is 0 Å². The number of hydrogen-bond acceptors (Lipinski definition) is 7. The number of aromatic nitrogens is 1. The van der Waals surface area contributed by atoms with Gasteiger partial charge in [-0.15, -0.1) is 11.3 Å². The van der Waals surface area contributed by atoms with E-state index in [9.17, 15) is 4.79 Å². The summed E-state index contributed by atoms with van der Waals surface area (Å²) in [7, 11) is 4.52. The Kier molecular flexibility index (Phi) is 6.03. The van der Waals surface area contributed by atoms with Crippen LogP contribution in [0.25, 0.3) is 0 Å². The second kappa shape index (κ2) is 8.45. The van der Waals surface area contributed by atoms with E-state index in [2.05, 4.69) is 4.98 Å². The average Bonchev–Trinajstić information content (AvgIpc) is 3.22. The molecule has 1 aliphatic rings. The van der Waals surface area contributed by atoms with Crippen molar-refractivity contribution in [3.63, 3.8) is 0 Å². The van der Waals surface area contributed by atoms with Gasteiger partial charge in [0.05, 0.1) is 27.4 Å². The first kappa shape index (κ1) is 19.3. The number of benzene rings is 1. The third-order valence-corrected chi connectivity index (χ3v) is 5.43. The first-order valence-electron chi connectivity index (χ1n) is 8.17. The van der Waals surface area contributed by atoms with Crippen molar-refractivity contribution in [2.24, 2.45) is 0 Å². The number of thiazole rings is 1. The lowest BCUT2D eigenvalue weighted by Gasteiger charge is -2.21. The molecular weight excluding hydrogens is 388 g/mol. The van der Waals surface area contributed by atoms with Gasteiger partial charge >= 0.3 is 0 Å². The minimum atomic E-state index is -0.249. The predicted octanol–water partition coefficient (Wildman–Crippen LogP) is 4.24. The number of allylic oxidation sites excluding steroid dienone is 2. The van der Waals surface area contributed by atoms with E-state index >= 15 is 0 Å². The molecule has 1 atom stereocenters. The quantitative estimate of drug-likeness (QED) is 0.506. The van der Waals surface area contributed by atoms with Crippen LogP contribution in [0.5, 0.6) is 17.2 Å². The first-order chi connectivity index (χ1) is 13.1. The highest BCUT2D eigenvalue weighted by Crippen LogP contribution is 2.39. The number of rotatable bonds is 7. The molecular formula is C19H19ClN2O4S. The number of hydrogen-bond donors (Lipinski definition) is 0. The van der Waals surface area contributed by atoms with Gasteiger partial charge in [0.2, 0.25) is 16.7 Å². The molecule has 8 heteroatoms. The highest BCUT2D eigenvalue weighted by molar-refractivity contribution is 7.14. The molecule has 0 aliphatic heterocycles. The number of carbonyl (C=O) groups is 1. The summed E-state index contributed by atoms with van der Waals surface area (Å²) in [6.45, 7) is 0. The van der Waals surface area contributed by atoms with Crippen molar-refractivity contribution in [3.05, 3.63) is 53.1 Å². The zero-order valence-corrected chi connectivity index (χ0v) is 16.7. The lowest BCUT2D eigenvalue weighted by molar-refractivity contribution is 0.103. The summed E-state index contributed by atoms with van der Waals surface area (Å²) in [5.74, 6) is 1.00. The van der Waals surface area contributed by atoms with Gasteiger partial charge < -0.3 is 14.2 Å². The fraction of sp³-hybridized carbons (Fsp3) is 0.263. The SMILES string of the molecule is COc1cc(C(=O)c2csc(N(Cl)C3C=CC=CC3)n2)cc(OC)c1OC. The number of ketones is 1. The van der Waals surface area contributed by atoms with E-state index in [0.717, 1.165) is 6.42 Å². The van der Waals surface area contributed by atoms with Crippen molar-refractivity contribution in [2.45, 2.75) is 12.5 Å². The molecule has 1 aromatic carbocycles. The highest BCUT2D eigenvalue weighted by atomic mass is 35.5. The van der Waals surface area contributed by atoms with Crippen molar-refractivity contribution in [3.8, 4) is 17.2 Å². The molecule has 1 aliphatic carbocycles. The summed E-state index contributed by atoms with van der Waals surface area (Å²) in [5.41, 5.74) is 0.702. The van der Waals surface area contributed by atoms with E-state index in [1.807, 2.05) is 24.3 Å². The molecule has 2 aromatic rings. The molecule has 0 radical (unpaired) electrons. The molecule has 27 heavy (non-hydrogen) atoms. The Morgan fingerprint density at radius 2 is 1.89 bits per heavy atom. The third-order valence-electron chi connectivity index (χ3n) is 4.08. The molecule has 0 saturated heterocycles. The second-order valence-electron chi connectivity index (χ2n) is 5.69. The van der Waals surface area contributed by atoms with E-state index in [1.54, 1.807) is 21.9 Å². The fourth-order valence-corrected chi connectivity index (χ4v) is 3.77. The van der Waals surface area contributed by atoms with E-state index in [-0.39, 0.29) is 11.8 Å². The van der Waals surface area contributed by atoms with E-state index < -0.39 is 0 Å². The van der Waals surface area contributed by atoms with Crippen LogP contribution in [0.15, 0.2) is 41.8 Å². The van der Waals surface area contributed by atoms with Crippen LogP contribution in [0, 0.1) is 0 Å². The molecule has 1 unspecified atom stereocenters. The second-order valence-corrected chi connectivity index (χ2v) is 6.89. The van der Waals surface area contributed by atoms with Crippen LogP contribution >= 0.6 is 23.1 Å². The molecule has 0 N–H and O–H groups in total. The Bertz CT molecular complexity index is 869. The van der Waals surface area contributed by atoms with Gasteiger partial charge in [0.15, 0.2) is 11.5 Å². The molecule has 1 aromatic heterocycles. The third kappa shape index (κ3) is 3.94. The monoisotopic (exact) mass is 406 g/mol. The van der Waals surface area contributed by atoms with Crippen molar-refractivity contribution in [1.82, 2.24) is 4.98 Å². The highest BCUT2D eigenvalue weighted by Gasteiger charge is 2.23. The van der Waals surface area contributed by atoms with Crippen LogP contribution in [0.4, 0.5) is 5.13 Å². The van der Waals surface area contributed by atoms with Crippen molar-refractivity contribution < 1.29 is 19.0 Å². The van der Waals surface area contributed by atoms with Crippen LogP contribution < -0.4 is 18.6 Å². The topological polar surface area (TPSA) is 60.9 Å². The smallest absolute Gasteiger partial charge is 0.212 e. The first-order valence-corrected chi connectivity index (χ1v) is 9.39. The van der Waals surface area contributed by atoms with Crippen LogP contribution in [0.3, 0.4) is 0 Å². The van der Waals surface area contributed by atoms with Gasteiger partial charge in [-0.25, -0.2) is 4.98 Å². The fourth-order valence-electron chi connectivity index (χ4n) is 2.70. The Labute approximate surface area is 166 Å². The largest absolute Gasteiger partial charge is 0.493 e. The lowest BCUT2D eigenvalue weighted by Crippen LogP contribution is -2.25. The maximum absolute atomic E-state index is 12.9. The van der Waals surface area contributed by atoms with Gasteiger partial charge in [-0.05, 0) is 18.6 Å². The molecule has 0 bridgehead atoms. The molecule has 3 rings (SSSR count). The van der Waals surface area contributed by atoms with Gasteiger partial charge in [0.1, 0.15) is 5.69 Å². The Hall–Kier alpha value is -2.51. The molecule has 0 spiro atoms. The van der Waals surface area contributed by atoms with Crippen molar-refractivity contribution in [2.75, 3.05) is 25.7 Å². The number of methoxy groups -OCH3 is 3. The van der Waals surface area contributed by atoms with Crippen molar-refractivity contribution >= 4 is 34.0 Å². The van der Waals surface area contributed by atoms with Gasteiger partial charge in [-0.1, -0.05) is 24.3 Å². The van der Waals surface area contributed by atoms with Gasteiger partial charge in [-0.2, -0.15) is 0 Å². The summed E-state index contributed by atoms with van der Waals surface area (Å²) < 4.78 is 17.5. The zero-order chi connectivity index (χ0) is 19.4. The summed E-state index contributed by atoms with van der Waals surface area (Å²) in [4.78, 5) is 17.3. The summed E-state index contributed by atoms with van der Waals surface area (Å²) in [5, 5.41) is 2.26. The number of halogens is 1. The molecule has 0 saturated carbocycles. The normalized spacial score (nSPS) is 15.5. The van der Waals surface area contributed by atoms with E-state index in [0.29, 0.717) is 33.6 Å². The minimum absolute atomic E-state index is 0.00643. The minimum Gasteiger partial charge on any atom is -0.493 e. The summed E-state index contributed by atoms with van der Waals surface area (Å²) >= 11 is 7.73. The predicted molar refractivity (Wildman–Crippen MR) is 107 cm³/mol. The summed E-state index contributed by atoms with van der Waals surface area (Å²) in [6.07, 6.45) is 8.74. The number of nitrogens with zero attached hydrogens (tertiary/aromatic N) is 2. The van der Waals surface area contributed by atoms with Gasteiger partial charge in [-0.3, -0.25) is 9.21 Å². The molecule has 1 heterocycles. The van der Waals surface area contributed by atoms with Crippen LogP contribution in [-0.2, 0) is 0 Å². The number of ether oxygens (including phenoxy) is 3. The van der Waals surface area contributed by atoms with E-state index in [1.165, 1.54) is 32.7 Å².